The highest BCUT2D eigenvalue weighted by Gasteiger charge is 2.42. The Morgan fingerprint density at radius 1 is 1.30 bits per heavy atom. The van der Waals surface area contributed by atoms with Crippen molar-refractivity contribution in [3.63, 3.8) is 0 Å². The fraction of sp³-hybridized carbons (Fsp3) is 0.375. The van der Waals surface area contributed by atoms with Crippen molar-refractivity contribution in [3.05, 3.63) is 53.4 Å². The van der Waals surface area contributed by atoms with Crippen molar-refractivity contribution in [1.82, 2.24) is 10.1 Å². The lowest BCUT2D eigenvalue weighted by molar-refractivity contribution is -0.160. The molecule has 0 aliphatic carbocycles. The Bertz CT molecular complexity index is 653. The molecule has 1 heterocycles. The summed E-state index contributed by atoms with van der Waals surface area (Å²) in [5, 5.41) is 3.73. The van der Waals surface area contributed by atoms with Crippen molar-refractivity contribution in [2.24, 2.45) is 0 Å². The Balaban J connectivity index is 2.08. The van der Waals surface area contributed by atoms with Crippen molar-refractivity contribution in [2.45, 2.75) is 32.0 Å². The number of hydrogen-bond donors (Lipinski definition) is 0. The Hall–Kier alpha value is -2.31. The highest BCUT2D eigenvalue weighted by atomic mass is 19.4. The molecule has 0 aliphatic heterocycles. The first kappa shape index (κ1) is 17.1. The molecular formula is C16H17F3N2O2. The molecule has 0 fully saturated rings. The summed E-state index contributed by atoms with van der Waals surface area (Å²) in [7, 11) is 1.45. The zero-order valence-electron chi connectivity index (χ0n) is 12.8. The average Bonchev–Trinajstić information content (AvgIpc) is 2.89. The molecule has 0 N–H and O–H groups in total. The van der Waals surface area contributed by atoms with Crippen LogP contribution in [-0.4, -0.2) is 29.2 Å². The van der Waals surface area contributed by atoms with Gasteiger partial charge in [-0.3, -0.25) is 4.79 Å². The van der Waals surface area contributed by atoms with Gasteiger partial charge in [0.1, 0.15) is 11.5 Å². The second-order valence-electron chi connectivity index (χ2n) is 5.39. The number of aryl methyl sites for hydroxylation is 1. The minimum absolute atomic E-state index is 0.0824. The van der Waals surface area contributed by atoms with Gasteiger partial charge < -0.3 is 9.42 Å². The maximum atomic E-state index is 13.3. The summed E-state index contributed by atoms with van der Waals surface area (Å²) >= 11 is 0. The number of hydrogen-bond acceptors (Lipinski definition) is 3. The second-order valence-corrected chi connectivity index (χ2v) is 5.39. The number of benzene rings is 1. The van der Waals surface area contributed by atoms with Gasteiger partial charge in [0.15, 0.2) is 0 Å². The van der Waals surface area contributed by atoms with Crippen LogP contribution in [0.5, 0.6) is 0 Å². The van der Waals surface area contributed by atoms with E-state index in [1.807, 2.05) is 0 Å². The van der Waals surface area contributed by atoms with Gasteiger partial charge in [-0.2, -0.15) is 13.2 Å². The van der Waals surface area contributed by atoms with E-state index in [2.05, 4.69) is 5.16 Å². The molecule has 0 unspecified atom stereocenters. The van der Waals surface area contributed by atoms with Crippen molar-refractivity contribution in [3.8, 4) is 0 Å². The van der Waals surface area contributed by atoms with Gasteiger partial charge in [-0.05, 0) is 12.5 Å². The standard InChI is InChI=1S/C16H17F3N2O2/c1-11-8-13(20-23-11)10-21(2)15(22)9-14(16(17,18)19)12-6-4-3-5-7-12/h3-8,14H,9-10H2,1-2H3/t14-/m1/s1. The first-order valence-corrected chi connectivity index (χ1v) is 7.05. The average molecular weight is 326 g/mol. The predicted octanol–water partition coefficient (Wildman–Crippen LogP) is 3.68. The smallest absolute Gasteiger partial charge is 0.361 e. The molecule has 2 rings (SSSR count). The van der Waals surface area contributed by atoms with E-state index in [4.69, 9.17) is 4.52 Å². The van der Waals surface area contributed by atoms with Crippen LogP contribution in [0.15, 0.2) is 40.9 Å². The van der Waals surface area contributed by atoms with Gasteiger partial charge in [0, 0.05) is 19.5 Å². The Morgan fingerprint density at radius 3 is 2.48 bits per heavy atom. The van der Waals surface area contributed by atoms with Crippen molar-refractivity contribution in [1.29, 1.82) is 0 Å². The number of nitrogens with zero attached hydrogens (tertiary/aromatic N) is 2. The number of halogens is 3. The minimum atomic E-state index is -4.48. The first-order valence-electron chi connectivity index (χ1n) is 7.05. The Labute approximate surface area is 131 Å². The summed E-state index contributed by atoms with van der Waals surface area (Å²) < 4.78 is 44.7. The Morgan fingerprint density at radius 2 is 1.96 bits per heavy atom. The lowest BCUT2D eigenvalue weighted by Gasteiger charge is -2.23. The molecule has 2 aromatic rings. The van der Waals surface area contributed by atoms with E-state index >= 15 is 0 Å². The molecule has 0 saturated heterocycles. The monoisotopic (exact) mass is 326 g/mol. The van der Waals surface area contributed by atoms with E-state index in [9.17, 15) is 18.0 Å². The number of rotatable bonds is 5. The van der Waals surface area contributed by atoms with Gasteiger partial charge in [0.2, 0.25) is 5.91 Å². The number of amides is 1. The molecular weight excluding hydrogens is 309 g/mol. The van der Waals surface area contributed by atoms with Crippen LogP contribution in [0.1, 0.15) is 29.4 Å². The normalized spacial score (nSPS) is 12.9. The van der Waals surface area contributed by atoms with E-state index in [0.717, 1.165) is 0 Å². The summed E-state index contributed by atoms with van der Waals surface area (Å²) in [4.78, 5) is 13.4. The van der Waals surface area contributed by atoms with E-state index < -0.39 is 24.4 Å². The number of alkyl halides is 3. The third-order valence-electron chi connectivity index (χ3n) is 3.48. The van der Waals surface area contributed by atoms with E-state index in [1.54, 1.807) is 19.1 Å². The Kier molecular flexibility index (Phi) is 5.08. The molecule has 1 aromatic carbocycles. The summed E-state index contributed by atoms with van der Waals surface area (Å²) in [6.45, 7) is 1.81. The quantitative estimate of drug-likeness (QED) is 0.842. The zero-order chi connectivity index (χ0) is 17.0. The van der Waals surface area contributed by atoms with Gasteiger partial charge in [0.25, 0.3) is 0 Å². The van der Waals surface area contributed by atoms with Gasteiger partial charge >= 0.3 is 6.18 Å². The highest BCUT2D eigenvalue weighted by Crippen LogP contribution is 2.37. The van der Waals surface area contributed by atoms with Crippen LogP contribution in [-0.2, 0) is 11.3 Å². The largest absolute Gasteiger partial charge is 0.396 e. The molecule has 1 atom stereocenters. The molecule has 4 nitrogen and oxygen atoms in total. The SMILES string of the molecule is Cc1cc(CN(C)C(=O)C[C@H](c2ccccc2)C(F)(F)F)no1. The zero-order valence-corrected chi connectivity index (χ0v) is 12.8. The lowest BCUT2D eigenvalue weighted by Crippen LogP contribution is -2.31. The summed E-state index contributed by atoms with van der Waals surface area (Å²) in [5.74, 6) is -1.84. The minimum Gasteiger partial charge on any atom is -0.361 e. The maximum Gasteiger partial charge on any atom is 0.396 e. The summed E-state index contributed by atoms with van der Waals surface area (Å²) in [5.41, 5.74) is 0.584. The molecule has 124 valence electrons. The van der Waals surface area contributed by atoms with Crippen LogP contribution >= 0.6 is 0 Å². The number of aromatic nitrogens is 1. The molecule has 7 heteroatoms. The van der Waals surface area contributed by atoms with Crippen LogP contribution in [0.2, 0.25) is 0 Å². The molecule has 0 bridgehead atoms. The first-order chi connectivity index (χ1) is 10.8. The fourth-order valence-electron chi connectivity index (χ4n) is 2.26. The molecule has 0 aliphatic rings. The van der Waals surface area contributed by atoms with E-state index in [-0.39, 0.29) is 12.1 Å². The van der Waals surface area contributed by atoms with Gasteiger partial charge in [-0.15, -0.1) is 0 Å². The van der Waals surface area contributed by atoms with Crippen molar-refractivity contribution in [2.75, 3.05) is 7.05 Å². The molecule has 0 saturated carbocycles. The van der Waals surface area contributed by atoms with Gasteiger partial charge in [0.05, 0.1) is 12.5 Å². The van der Waals surface area contributed by atoms with Crippen LogP contribution in [0, 0.1) is 6.92 Å². The fourth-order valence-corrected chi connectivity index (χ4v) is 2.26. The van der Waals surface area contributed by atoms with E-state index in [0.29, 0.717) is 11.5 Å². The lowest BCUT2D eigenvalue weighted by atomic mass is 9.94. The molecule has 1 amide bonds. The van der Waals surface area contributed by atoms with Crippen LogP contribution in [0.3, 0.4) is 0 Å². The van der Waals surface area contributed by atoms with Crippen molar-refractivity contribution >= 4 is 5.91 Å². The number of carbonyl (C=O) groups excluding carboxylic acids is 1. The molecule has 0 radical (unpaired) electrons. The third kappa shape index (κ3) is 4.58. The third-order valence-corrected chi connectivity index (χ3v) is 3.48. The molecule has 23 heavy (non-hydrogen) atoms. The van der Waals surface area contributed by atoms with Crippen LogP contribution in [0.25, 0.3) is 0 Å². The maximum absolute atomic E-state index is 13.3. The topological polar surface area (TPSA) is 46.3 Å². The van der Waals surface area contributed by atoms with E-state index in [1.165, 1.54) is 36.2 Å². The molecule has 1 aromatic heterocycles. The molecule has 0 spiro atoms. The summed E-state index contributed by atoms with van der Waals surface area (Å²) in [6.07, 6.45) is -5.12. The summed E-state index contributed by atoms with van der Waals surface area (Å²) in [6, 6.07) is 9.10. The predicted molar refractivity (Wildman–Crippen MR) is 77.6 cm³/mol. The van der Waals surface area contributed by atoms with Crippen molar-refractivity contribution < 1.29 is 22.5 Å². The number of carbonyl (C=O) groups is 1. The van der Waals surface area contributed by atoms with Crippen LogP contribution < -0.4 is 0 Å². The van der Waals surface area contributed by atoms with Gasteiger partial charge in [-0.25, -0.2) is 0 Å². The van der Waals surface area contributed by atoms with Crippen LogP contribution in [0.4, 0.5) is 13.2 Å². The highest BCUT2D eigenvalue weighted by molar-refractivity contribution is 5.77. The second kappa shape index (κ2) is 6.85. The van der Waals surface area contributed by atoms with Gasteiger partial charge in [-0.1, -0.05) is 35.5 Å².